The van der Waals surface area contributed by atoms with Crippen LogP contribution in [0.25, 0.3) is 0 Å². The Labute approximate surface area is 77.2 Å². The van der Waals surface area contributed by atoms with Crippen LogP contribution in [0.4, 0.5) is 6.01 Å². The average molecular weight is 204 g/mol. The Bertz CT molecular complexity index is 380. The van der Waals surface area contributed by atoms with E-state index in [9.17, 15) is 8.42 Å². The minimum absolute atomic E-state index is 0.0196. The monoisotopic (exact) mass is 204 g/mol. The molecule has 0 amide bonds. The number of nitrogens with zero attached hydrogens (tertiary/aromatic N) is 1. The van der Waals surface area contributed by atoms with Crippen molar-refractivity contribution >= 4 is 16.0 Å². The van der Waals surface area contributed by atoms with Gasteiger partial charge in [-0.15, -0.1) is 0 Å². The molecule has 0 unspecified atom stereocenters. The van der Waals surface area contributed by atoms with Gasteiger partial charge in [0.15, 0.2) is 0 Å². The molecule has 0 bridgehead atoms. The summed E-state index contributed by atoms with van der Waals surface area (Å²) >= 11 is 0. The Morgan fingerprint density at radius 3 is 2.54 bits per heavy atom. The highest BCUT2D eigenvalue weighted by Crippen LogP contribution is 2.16. The number of hydrogen-bond donors (Lipinski definition) is 1. The van der Waals surface area contributed by atoms with Crippen LogP contribution in [-0.2, 0) is 10.0 Å². The third-order valence-corrected chi connectivity index (χ3v) is 1.93. The van der Waals surface area contributed by atoms with Gasteiger partial charge >= 0.3 is 6.01 Å². The molecule has 0 aliphatic rings. The fraction of sp³-hybridized carbons (Fsp3) is 0.571. The molecule has 1 heterocycles. The second-order valence-corrected chi connectivity index (χ2v) is 4.85. The molecule has 1 aromatic rings. The zero-order valence-electron chi connectivity index (χ0n) is 7.73. The molecule has 1 aromatic heterocycles. The highest BCUT2D eigenvalue weighted by molar-refractivity contribution is 7.91. The van der Waals surface area contributed by atoms with E-state index in [0.29, 0.717) is 0 Å². The van der Waals surface area contributed by atoms with E-state index in [2.05, 4.69) is 9.71 Å². The molecule has 6 heteroatoms. The zero-order valence-corrected chi connectivity index (χ0v) is 8.55. The summed E-state index contributed by atoms with van der Waals surface area (Å²) in [5.74, 6) is 0.221. The van der Waals surface area contributed by atoms with Crippen molar-refractivity contribution in [3.63, 3.8) is 0 Å². The third-order valence-electron chi connectivity index (χ3n) is 1.39. The normalized spacial score (nSPS) is 12.0. The second kappa shape index (κ2) is 3.37. The molecule has 0 radical (unpaired) electrons. The number of anilines is 1. The summed E-state index contributed by atoms with van der Waals surface area (Å²) in [6, 6.07) is 0.0196. The summed E-state index contributed by atoms with van der Waals surface area (Å²) in [6.45, 7) is 3.89. The molecular weight excluding hydrogens is 192 g/mol. The van der Waals surface area contributed by atoms with Gasteiger partial charge in [0.2, 0.25) is 10.0 Å². The molecule has 13 heavy (non-hydrogen) atoms. The lowest BCUT2D eigenvalue weighted by atomic mass is 10.2. The van der Waals surface area contributed by atoms with Gasteiger partial charge in [0, 0.05) is 0 Å². The summed E-state index contributed by atoms with van der Waals surface area (Å²) in [4.78, 5) is 3.94. The first kappa shape index (κ1) is 10.0. The van der Waals surface area contributed by atoms with Gasteiger partial charge in [-0.3, -0.25) is 0 Å². The van der Waals surface area contributed by atoms with E-state index in [1.807, 2.05) is 13.8 Å². The third kappa shape index (κ3) is 3.06. The first-order chi connectivity index (χ1) is 5.88. The van der Waals surface area contributed by atoms with Crippen LogP contribution in [0.2, 0.25) is 0 Å². The molecular formula is C7H12N2O3S. The van der Waals surface area contributed by atoms with E-state index in [4.69, 9.17) is 4.42 Å². The van der Waals surface area contributed by atoms with Crippen molar-refractivity contribution in [1.82, 2.24) is 4.98 Å². The minimum Gasteiger partial charge on any atom is -0.431 e. The number of aromatic nitrogens is 1. The van der Waals surface area contributed by atoms with Crippen LogP contribution in [-0.4, -0.2) is 19.7 Å². The van der Waals surface area contributed by atoms with Gasteiger partial charge in [-0.2, -0.15) is 4.98 Å². The summed E-state index contributed by atoms with van der Waals surface area (Å²) in [5.41, 5.74) is 0.728. The van der Waals surface area contributed by atoms with Crippen molar-refractivity contribution in [1.29, 1.82) is 0 Å². The zero-order chi connectivity index (χ0) is 10.1. The van der Waals surface area contributed by atoms with E-state index in [0.717, 1.165) is 11.9 Å². The molecule has 0 saturated heterocycles. The van der Waals surface area contributed by atoms with Crippen molar-refractivity contribution in [2.24, 2.45) is 0 Å². The van der Waals surface area contributed by atoms with Gasteiger partial charge in [0.25, 0.3) is 0 Å². The van der Waals surface area contributed by atoms with E-state index in [1.165, 1.54) is 6.26 Å². The molecule has 0 atom stereocenters. The van der Waals surface area contributed by atoms with Crippen LogP contribution < -0.4 is 4.72 Å². The Morgan fingerprint density at radius 1 is 1.54 bits per heavy atom. The van der Waals surface area contributed by atoms with E-state index in [1.54, 1.807) is 0 Å². The SMILES string of the molecule is CC(C)c1coc(NS(C)(=O)=O)n1. The minimum atomic E-state index is -3.30. The lowest BCUT2D eigenvalue weighted by Crippen LogP contribution is -2.09. The summed E-state index contributed by atoms with van der Waals surface area (Å²) < 4.78 is 28.6. The molecule has 5 nitrogen and oxygen atoms in total. The lowest BCUT2D eigenvalue weighted by molar-refractivity contribution is 0.569. The van der Waals surface area contributed by atoms with Crippen LogP contribution in [0, 0.1) is 0 Å². The van der Waals surface area contributed by atoms with Crippen molar-refractivity contribution in [2.45, 2.75) is 19.8 Å². The Hall–Kier alpha value is -1.04. The van der Waals surface area contributed by atoms with Gasteiger partial charge in [0.1, 0.15) is 6.26 Å². The highest BCUT2D eigenvalue weighted by atomic mass is 32.2. The molecule has 0 aliphatic heterocycles. The quantitative estimate of drug-likeness (QED) is 0.802. The Kier molecular flexibility index (Phi) is 2.60. The maximum atomic E-state index is 10.8. The van der Waals surface area contributed by atoms with Gasteiger partial charge in [0.05, 0.1) is 11.9 Å². The number of sulfonamides is 1. The molecule has 0 fully saturated rings. The highest BCUT2D eigenvalue weighted by Gasteiger charge is 2.10. The van der Waals surface area contributed by atoms with Crippen molar-refractivity contribution in [3.05, 3.63) is 12.0 Å². The summed E-state index contributed by atoms with van der Waals surface area (Å²) in [7, 11) is -3.30. The van der Waals surface area contributed by atoms with Crippen LogP contribution in [0.1, 0.15) is 25.5 Å². The van der Waals surface area contributed by atoms with Crippen LogP contribution in [0.3, 0.4) is 0 Å². The predicted molar refractivity (Wildman–Crippen MR) is 49.1 cm³/mol. The van der Waals surface area contributed by atoms with Crippen molar-refractivity contribution in [3.8, 4) is 0 Å². The van der Waals surface area contributed by atoms with Gasteiger partial charge < -0.3 is 4.42 Å². The van der Waals surface area contributed by atoms with Gasteiger partial charge in [-0.05, 0) is 5.92 Å². The van der Waals surface area contributed by atoms with Crippen LogP contribution in [0.15, 0.2) is 10.7 Å². The molecule has 0 saturated carbocycles. The van der Waals surface area contributed by atoms with Crippen LogP contribution in [0.5, 0.6) is 0 Å². The van der Waals surface area contributed by atoms with E-state index in [-0.39, 0.29) is 11.9 Å². The number of rotatable bonds is 3. The Morgan fingerprint density at radius 2 is 2.15 bits per heavy atom. The van der Waals surface area contributed by atoms with Crippen LogP contribution >= 0.6 is 0 Å². The fourth-order valence-electron chi connectivity index (χ4n) is 0.757. The Balaban J connectivity index is 2.81. The lowest BCUT2D eigenvalue weighted by Gasteiger charge is -1.96. The second-order valence-electron chi connectivity index (χ2n) is 3.11. The number of oxazole rings is 1. The van der Waals surface area contributed by atoms with E-state index >= 15 is 0 Å². The largest absolute Gasteiger partial charge is 0.431 e. The number of hydrogen-bond acceptors (Lipinski definition) is 4. The average Bonchev–Trinajstić information content (AvgIpc) is 2.31. The van der Waals surface area contributed by atoms with E-state index < -0.39 is 10.0 Å². The standard InChI is InChI=1S/C7H12N2O3S/c1-5(2)6-4-12-7(8-6)9-13(3,10)11/h4-5H,1-3H3,(H,8,9). The molecule has 1 rings (SSSR count). The fourth-order valence-corrected chi connectivity index (χ4v) is 1.17. The predicted octanol–water partition coefficient (Wildman–Crippen LogP) is 1.17. The summed E-state index contributed by atoms with van der Waals surface area (Å²) in [6.07, 6.45) is 2.49. The maximum Gasteiger partial charge on any atom is 0.308 e. The first-order valence-electron chi connectivity index (χ1n) is 3.81. The summed E-state index contributed by atoms with van der Waals surface area (Å²) in [5, 5.41) is 0. The molecule has 1 N–H and O–H groups in total. The van der Waals surface area contributed by atoms with Crippen molar-refractivity contribution < 1.29 is 12.8 Å². The topological polar surface area (TPSA) is 72.2 Å². The van der Waals surface area contributed by atoms with Gasteiger partial charge in [-0.1, -0.05) is 13.8 Å². The molecule has 74 valence electrons. The van der Waals surface area contributed by atoms with Crippen molar-refractivity contribution in [2.75, 3.05) is 11.0 Å². The smallest absolute Gasteiger partial charge is 0.308 e. The van der Waals surface area contributed by atoms with Gasteiger partial charge in [-0.25, -0.2) is 13.1 Å². The number of nitrogens with one attached hydrogen (secondary N) is 1. The molecule has 0 aliphatic carbocycles. The first-order valence-corrected chi connectivity index (χ1v) is 5.71. The maximum absolute atomic E-state index is 10.8. The molecule has 0 aromatic carbocycles. The molecule has 0 spiro atoms.